The van der Waals surface area contributed by atoms with Gasteiger partial charge in [-0.25, -0.2) is 9.18 Å². The molecule has 2 amide bonds. The van der Waals surface area contributed by atoms with E-state index in [0.717, 1.165) is 11.1 Å². The number of ether oxygens (including phenoxy) is 1. The van der Waals surface area contributed by atoms with Gasteiger partial charge in [-0.05, 0) is 48.7 Å². The molecular formula is C19H23FN2O3. The van der Waals surface area contributed by atoms with Crippen LogP contribution in [-0.4, -0.2) is 36.9 Å². The maximum Gasteiger partial charge on any atom is 0.314 e. The molecule has 5 nitrogen and oxygen atoms in total. The van der Waals surface area contributed by atoms with Gasteiger partial charge in [-0.1, -0.05) is 24.3 Å². The zero-order valence-electron chi connectivity index (χ0n) is 14.2. The molecule has 6 heteroatoms. The molecule has 2 aromatic rings. The van der Waals surface area contributed by atoms with E-state index in [1.54, 1.807) is 12.1 Å². The Kier molecular flexibility index (Phi) is 7.22. The third kappa shape index (κ3) is 7.22. The van der Waals surface area contributed by atoms with Crippen molar-refractivity contribution in [3.05, 3.63) is 65.5 Å². The molecule has 3 N–H and O–H groups in total. The first kappa shape index (κ1) is 18.7. The van der Waals surface area contributed by atoms with E-state index in [9.17, 15) is 14.3 Å². The topological polar surface area (TPSA) is 70.6 Å². The van der Waals surface area contributed by atoms with Crippen molar-refractivity contribution in [3.63, 3.8) is 0 Å². The highest BCUT2D eigenvalue weighted by Crippen LogP contribution is 2.12. The highest BCUT2D eigenvalue weighted by atomic mass is 19.1. The van der Waals surface area contributed by atoms with Gasteiger partial charge in [0.2, 0.25) is 0 Å². The summed E-state index contributed by atoms with van der Waals surface area (Å²) in [5, 5.41) is 15.1. The fourth-order valence-electron chi connectivity index (χ4n) is 2.20. The van der Waals surface area contributed by atoms with E-state index in [2.05, 4.69) is 10.6 Å². The first-order chi connectivity index (χ1) is 12.0. The smallest absolute Gasteiger partial charge is 0.314 e. The lowest BCUT2D eigenvalue weighted by atomic mass is 10.1. The van der Waals surface area contributed by atoms with Crippen molar-refractivity contribution in [1.82, 2.24) is 10.6 Å². The number of urea groups is 1. The van der Waals surface area contributed by atoms with Crippen LogP contribution in [0.3, 0.4) is 0 Å². The van der Waals surface area contributed by atoms with Crippen LogP contribution in [0.5, 0.6) is 5.75 Å². The molecule has 0 heterocycles. The van der Waals surface area contributed by atoms with Crippen molar-refractivity contribution in [1.29, 1.82) is 0 Å². The number of halogens is 1. The van der Waals surface area contributed by atoms with Crippen LogP contribution in [0.15, 0.2) is 48.5 Å². The summed E-state index contributed by atoms with van der Waals surface area (Å²) in [6, 6.07) is 13.3. The Morgan fingerprint density at radius 2 is 1.96 bits per heavy atom. The normalized spacial score (nSPS) is 11.6. The average molecular weight is 346 g/mol. The van der Waals surface area contributed by atoms with Crippen molar-refractivity contribution in [3.8, 4) is 5.75 Å². The van der Waals surface area contributed by atoms with E-state index >= 15 is 0 Å². The van der Waals surface area contributed by atoms with Crippen LogP contribution in [0, 0.1) is 12.7 Å². The molecule has 0 fully saturated rings. The van der Waals surface area contributed by atoms with Crippen LogP contribution in [0.4, 0.5) is 9.18 Å². The minimum absolute atomic E-state index is 0.0915. The largest absolute Gasteiger partial charge is 0.491 e. The molecule has 1 atom stereocenters. The second kappa shape index (κ2) is 9.64. The number of carbonyl (C=O) groups is 1. The van der Waals surface area contributed by atoms with E-state index in [1.807, 2.05) is 31.2 Å². The Labute approximate surface area is 146 Å². The van der Waals surface area contributed by atoms with Crippen LogP contribution < -0.4 is 15.4 Å². The lowest BCUT2D eigenvalue weighted by Crippen LogP contribution is -2.41. The second-order valence-corrected chi connectivity index (χ2v) is 5.79. The summed E-state index contributed by atoms with van der Waals surface area (Å²) in [4.78, 5) is 11.7. The molecule has 0 saturated carbocycles. The fourth-order valence-corrected chi connectivity index (χ4v) is 2.20. The highest BCUT2D eigenvalue weighted by molar-refractivity contribution is 5.73. The van der Waals surface area contributed by atoms with Crippen molar-refractivity contribution in [2.45, 2.75) is 19.4 Å². The maximum atomic E-state index is 12.8. The van der Waals surface area contributed by atoms with Crippen LogP contribution in [0.2, 0.25) is 0 Å². The van der Waals surface area contributed by atoms with Crippen LogP contribution in [0.1, 0.15) is 11.1 Å². The van der Waals surface area contributed by atoms with Crippen molar-refractivity contribution >= 4 is 6.03 Å². The van der Waals surface area contributed by atoms with Gasteiger partial charge in [0.05, 0.1) is 0 Å². The van der Waals surface area contributed by atoms with Crippen LogP contribution >= 0.6 is 0 Å². The third-order valence-corrected chi connectivity index (χ3v) is 3.54. The molecule has 0 aliphatic rings. The fraction of sp³-hybridized carbons (Fsp3) is 0.316. The van der Waals surface area contributed by atoms with E-state index < -0.39 is 6.10 Å². The molecule has 0 aliphatic carbocycles. The van der Waals surface area contributed by atoms with E-state index in [0.29, 0.717) is 18.7 Å². The summed E-state index contributed by atoms with van der Waals surface area (Å²) in [5.74, 6) is 0.402. The molecule has 134 valence electrons. The van der Waals surface area contributed by atoms with Gasteiger partial charge in [-0.15, -0.1) is 0 Å². The summed E-state index contributed by atoms with van der Waals surface area (Å²) in [7, 11) is 0. The van der Waals surface area contributed by atoms with Crippen molar-refractivity contribution < 1.29 is 19.0 Å². The maximum absolute atomic E-state index is 12.8. The summed E-state index contributed by atoms with van der Waals surface area (Å²) in [6.07, 6.45) is -0.199. The number of amides is 2. The Hall–Kier alpha value is -2.60. The monoisotopic (exact) mass is 346 g/mol. The number of rotatable bonds is 8. The van der Waals surface area contributed by atoms with Gasteiger partial charge in [0.1, 0.15) is 24.3 Å². The summed E-state index contributed by atoms with van der Waals surface area (Å²) in [6.45, 7) is 2.57. The molecule has 1 unspecified atom stereocenters. The number of hydrogen-bond acceptors (Lipinski definition) is 3. The first-order valence-electron chi connectivity index (χ1n) is 8.16. The van der Waals surface area contributed by atoms with Gasteiger partial charge in [-0.2, -0.15) is 0 Å². The van der Waals surface area contributed by atoms with E-state index in [1.165, 1.54) is 12.1 Å². The number of aliphatic hydroxyl groups is 1. The Morgan fingerprint density at radius 3 is 2.68 bits per heavy atom. The van der Waals surface area contributed by atoms with Gasteiger partial charge in [0.25, 0.3) is 0 Å². The zero-order chi connectivity index (χ0) is 18.1. The van der Waals surface area contributed by atoms with Gasteiger partial charge < -0.3 is 20.5 Å². The summed E-state index contributed by atoms with van der Waals surface area (Å²) < 4.78 is 18.3. The highest BCUT2D eigenvalue weighted by Gasteiger charge is 2.08. The molecular weight excluding hydrogens is 323 g/mol. The Balaban J connectivity index is 1.59. The first-order valence-corrected chi connectivity index (χ1v) is 8.16. The number of aryl methyl sites for hydroxylation is 1. The van der Waals surface area contributed by atoms with E-state index in [4.69, 9.17) is 4.74 Å². The minimum atomic E-state index is -0.802. The van der Waals surface area contributed by atoms with Crippen LogP contribution in [0.25, 0.3) is 0 Å². The SMILES string of the molecule is Cc1cccc(OCC(O)CNC(=O)NCCc2ccc(F)cc2)c1. The minimum Gasteiger partial charge on any atom is -0.491 e. The zero-order valence-corrected chi connectivity index (χ0v) is 14.2. The predicted molar refractivity (Wildman–Crippen MR) is 94.2 cm³/mol. The molecule has 2 aromatic carbocycles. The lowest BCUT2D eigenvalue weighted by Gasteiger charge is -2.14. The molecule has 0 saturated heterocycles. The molecule has 0 radical (unpaired) electrons. The standard InChI is InChI=1S/C19H23FN2O3/c1-14-3-2-4-18(11-14)25-13-17(23)12-22-19(24)21-10-9-15-5-7-16(20)8-6-15/h2-8,11,17,23H,9-10,12-13H2,1H3,(H2,21,22,24). The summed E-state index contributed by atoms with van der Waals surface area (Å²) in [5.41, 5.74) is 2.01. The number of nitrogens with one attached hydrogen (secondary N) is 2. The van der Waals surface area contributed by atoms with Gasteiger partial charge in [0.15, 0.2) is 0 Å². The van der Waals surface area contributed by atoms with Crippen molar-refractivity contribution in [2.75, 3.05) is 19.7 Å². The molecule has 2 rings (SSSR count). The molecule has 0 aromatic heterocycles. The van der Waals surface area contributed by atoms with Crippen molar-refractivity contribution in [2.24, 2.45) is 0 Å². The Morgan fingerprint density at radius 1 is 1.20 bits per heavy atom. The Bertz CT molecular complexity index is 677. The number of carbonyl (C=O) groups excluding carboxylic acids is 1. The number of benzene rings is 2. The molecule has 0 bridgehead atoms. The third-order valence-electron chi connectivity index (χ3n) is 3.54. The molecule has 0 spiro atoms. The molecule has 0 aliphatic heterocycles. The average Bonchev–Trinajstić information content (AvgIpc) is 2.60. The quantitative estimate of drug-likeness (QED) is 0.687. The van der Waals surface area contributed by atoms with Crippen LogP contribution in [-0.2, 0) is 6.42 Å². The second-order valence-electron chi connectivity index (χ2n) is 5.79. The van der Waals surface area contributed by atoms with Gasteiger partial charge in [0, 0.05) is 13.1 Å². The van der Waals surface area contributed by atoms with Gasteiger partial charge in [-0.3, -0.25) is 0 Å². The number of hydrogen-bond donors (Lipinski definition) is 3. The van der Waals surface area contributed by atoms with E-state index in [-0.39, 0.29) is 25.0 Å². The summed E-state index contributed by atoms with van der Waals surface area (Å²) >= 11 is 0. The predicted octanol–water partition coefficient (Wildman–Crippen LogP) is 2.42. The number of aliphatic hydroxyl groups excluding tert-OH is 1. The lowest BCUT2D eigenvalue weighted by molar-refractivity contribution is 0.108. The molecule has 25 heavy (non-hydrogen) atoms. The van der Waals surface area contributed by atoms with Gasteiger partial charge >= 0.3 is 6.03 Å².